The highest BCUT2D eigenvalue weighted by Crippen LogP contribution is 2.47. The van der Waals surface area contributed by atoms with Crippen molar-refractivity contribution < 1.29 is 9.59 Å². The number of benzene rings is 2. The molecule has 1 aromatic heterocycles. The summed E-state index contributed by atoms with van der Waals surface area (Å²) in [5, 5.41) is 31.4. The molecule has 0 spiro atoms. The Hall–Kier alpha value is -3.87. The summed E-state index contributed by atoms with van der Waals surface area (Å²) in [4.78, 5) is 27.3. The number of anilines is 2. The van der Waals surface area contributed by atoms with Crippen molar-refractivity contribution in [2.24, 2.45) is 5.73 Å². The van der Waals surface area contributed by atoms with Crippen molar-refractivity contribution in [1.82, 2.24) is 10.2 Å². The number of hydrogen-bond acceptors (Lipinski definition) is 10. The van der Waals surface area contributed by atoms with Gasteiger partial charge in [0.2, 0.25) is 11.0 Å². The Morgan fingerprint density at radius 1 is 1.12 bits per heavy atom. The summed E-state index contributed by atoms with van der Waals surface area (Å²) in [5.41, 5.74) is 9.68. The van der Waals surface area contributed by atoms with Crippen molar-refractivity contribution >= 4 is 68.8 Å². The van der Waals surface area contributed by atoms with Gasteiger partial charge in [-0.05, 0) is 54.8 Å². The van der Waals surface area contributed by atoms with Gasteiger partial charge in [0.15, 0.2) is 10.1 Å². The number of Topliss-reactive ketones (excluding diaryl/α,β-unsaturated/α-hetero) is 1. The molecule has 0 radical (unpaired) electrons. The Balaban J connectivity index is 1.41. The Bertz CT molecular complexity index is 1670. The molecule has 3 aromatic rings. The first-order valence-electron chi connectivity index (χ1n) is 12.0. The van der Waals surface area contributed by atoms with Crippen LogP contribution in [0, 0.1) is 22.7 Å². The molecular formula is C27H19Cl2N7O2S2. The zero-order valence-electron chi connectivity index (χ0n) is 20.6. The number of carbonyl (C=O) groups excluding carboxylic acids is 2. The first-order valence-corrected chi connectivity index (χ1v) is 14.5. The molecule has 1 atom stereocenters. The Kier molecular flexibility index (Phi) is 8.10. The quantitative estimate of drug-likeness (QED) is 0.334. The number of thioether (sulfide) groups is 1. The molecule has 5 rings (SSSR count). The summed E-state index contributed by atoms with van der Waals surface area (Å²) in [6.07, 6.45) is 1.55. The highest BCUT2D eigenvalue weighted by Gasteiger charge is 2.41. The van der Waals surface area contributed by atoms with E-state index in [2.05, 4.69) is 21.6 Å². The zero-order chi connectivity index (χ0) is 28.4. The molecular weight excluding hydrogens is 589 g/mol. The van der Waals surface area contributed by atoms with Crippen LogP contribution in [0.3, 0.4) is 0 Å². The van der Waals surface area contributed by atoms with Crippen molar-refractivity contribution in [3.05, 3.63) is 86.3 Å². The average molecular weight is 609 g/mol. The van der Waals surface area contributed by atoms with E-state index < -0.39 is 5.92 Å². The summed E-state index contributed by atoms with van der Waals surface area (Å²) >= 11 is 14.8. The molecule has 2 aromatic carbocycles. The summed E-state index contributed by atoms with van der Waals surface area (Å²) in [5.74, 6) is -0.746. The van der Waals surface area contributed by atoms with E-state index in [1.165, 1.54) is 23.1 Å². The van der Waals surface area contributed by atoms with Crippen LogP contribution in [0.1, 0.15) is 36.3 Å². The van der Waals surface area contributed by atoms with E-state index in [-0.39, 0.29) is 28.8 Å². The molecule has 9 nitrogen and oxygen atoms in total. The number of allylic oxidation sites excluding steroid dienone is 3. The fraction of sp³-hybridized carbons (Fsp3) is 0.185. The lowest BCUT2D eigenvalue weighted by Gasteiger charge is -2.38. The highest BCUT2D eigenvalue weighted by molar-refractivity contribution is 8.01. The maximum Gasteiger partial charge on any atom is 0.234 e. The number of halogens is 2. The van der Waals surface area contributed by atoms with Gasteiger partial charge in [0.05, 0.1) is 45.0 Å². The van der Waals surface area contributed by atoms with Gasteiger partial charge in [0.25, 0.3) is 0 Å². The lowest BCUT2D eigenvalue weighted by molar-refractivity contribution is -0.116. The van der Waals surface area contributed by atoms with E-state index in [0.717, 1.165) is 0 Å². The molecule has 1 aliphatic heterocycles. The number of aromatic nitrogens is 2. The van der Waals surface area contributed by atoms with Gasteiger partial charge >= 0.3 is 0 Å². The summed E-state index contributed by atoms with van der Waals surface area (Å²) in [6.45, 7) is 0. The van der Waals surface area contributed by atoms with Crippen LogP contribution < -0.4 is 16.0 Å². The van der Waals surface area contributed by atoms with Gasteiger partial charge in [0, 0.05) is 23.4 Å². The zero-order valence-corrected chi connectivity index (χ0v) is 23.8. The molecule has 0 bridgehead atoms. The number of nitrogens with zero attached hydrogens (tertiary/aromatic N) is 5. The van der Waals surface area contributed by atoms with E-state index in [4.69, 9.17) is 34.2 Å². The van der Waals surface area contributed by atoms with Crippen LogP contribution in [0.15, 0.2) is 69.5 Å². The summed E-state index contributed by atoms with van der Waals surface area (Å²) < 4.78 is 0.521. The largest absolute Gasteiger partial charge is 0.384 e. The van der Waals surface area contributed by atoms with E-state index >= 15 is 0 Å². The molecule has 1 aliphatic carbocycles. The minimum atomic E-state index is -0.675. The minimum Gasteiger partial charge on any atom is -0.384 e. The average Bonchev–Trinajstić information content (AvgIpc) is 3.42. The third-order valence-electron chi connectivity index (χ3n) is 6.40. The molecule has 0 saturated heterocycles. The standard InChI is InChI=1S/C27H19Cl2N7O2S2/c28-18-9-6-15(10-19(18)29)23-17(12-31)25(32)36(20-2-1-3-21(37)24(20)23)26-34-35-27(40-26)39-13-22(38)33-16-7-4-14(11-30)5-8-16/h4-10,23H,1-3,13,32H2,(H,33,38). The molecule has 200 valence electrons. The molecule has 2 heterocycles. The lowest BCUT2D eigenvalue weighted by atomic mass is 9.76. The van der Waals surface area contributed by atoms with Crippen LogP contribution in [-0.2, 0) is 9.59 Å². The van der Waals surface area contributed by atoms with Crippen molar-refractivity contribution in [3.8, 4) is 12.1 Å². The molecule has 1 amide bonds. The monoisotopic (exact) mass is 607 g/mol. The van der Waals surface area contributed by atoms with Crippen molar-refractivity contribution in [2.75, 3.05) is 16.0 Å². The van der Waals surface area contributed by atoms with Gasteiger partial charge in [-0.2, -0.15) is 10.5 Å². The number of nitrogens with two attached hydrogens (primary N) is 1. The number of rotatable bonds is 6. The number of hydrogen-bond donors (Lipinski definition) is 2. The van der Waals surface area contributed by atoms with Gasteiger partial charge in [0.1, 0.15) is 5.82 Å². The molecule has 0 fully saturated rings. The first kappa shape index (κ1) is 27.7. The van der Waals surface area contributed by atoms with Gasteiger partial charge in [-0.25, -0.2) is 0 Å². The topological polar surface area (TPSA) is 149 Å². The number of ketones is 1. The van der Waals surface area contributed by atoms with Crippen LogP contribution >= 0.6 is 46.3 Å². The molecule has 3 N–H and O–H groups in total. The lowest BCUT2D eigenvalue weighted by Crippen LogP contribution is -2.38. The second-order valence-corrected chi connectivity index (χ2v) is 11.9. The predicted molar refractivity (Wildman–Crippen MR) is 155 cm³/mol. The normalized spacial score (nSPS) is 16.9. The summed E-state index contributed by atoms with van der Waals surface area (Å²) in [6, 6.07) is 15.8. The maximum atomic E-state index is 13.3. The second kappa shape index (κ2) is 11.7. The van der Waals surface area contributed by atoms with E-state index in [1.54, 1.807) is 47.4 Å². The Labute approximate surface area is 247 Å². The fourth-order valence-corrected chi connectivity index (χ4v) is 6.62. The third-order valence-corrected chi connectivity index (χ3v) is 9.18. The number of amides is 1. The molecule has 1 unspecified atom stereocenters. The number of nitriles is 2. The second-order valence-electron chi connectivity index (χ2n) is 8.87. The van der Waals surface area contributed by atoms with Crippen LogP contribution in [0.4, 0.5) is 10.8 Å². The van der Waals surface area contributed by atoms with Crippen molar-refractivity contribution in [1.29, 1.82) is 10.5 Å². The molecule has 40 heavy (non-hydrogen) atoms. The van der Waals surface area contributed by atoms with E-state index in [1.807, 2.05) is 6.07 Å². The SMILES string of the molecule is N#CC1=C(N)N(c2nnc(SCC(=O)Nc3ccc(C#N)cc3)s2)C2=C(C(=O)CCC2)C1c1ccc(Cl)c(Cl)c1. The smallest absolute Gasteiger partial charge is 0.234 e. The Morgan fingerprint density at radius 3 is 2.60 bits per heavy atom. The van der Waals surface area contributed by atoms with Crippen LogP contribution in [0.2, 0.25) is 10.0 Å². The maximum absolute atomic E-state index is 13.3. The van der Waals surface area contributed by atoms with Crippen molar-refractivity contribution in [3.63, 3.8) is 0 Å². The highest BCUT2D eigenvalue weighted by atomic mass is 35.5. The van der Waals surface area contributed by atoms with Crippen molar-refractivity contribution in [2.45, 2.75) is 29.5 Å². The van der Waals surface area contributed by atoms with Gasteiger partial charge in [-0.15, -0.1) is 10.2 Å². The molecule has 13 heteroatoms. The number of nitrogens with one attached hydrogen (secondary N) is 1. The van der Waals surface area contributed by atoms with E-state index in [9.17, 15) is 14.9 Å². The van der Waals surface area contributed by atoms with Gasteiger partial charge < -0.3 is 11.1 Å². The van der Waals surface area contributed by atoms with Crippen LogP contribution in [-0.4, -0.2) is 27.6 Å². The van der Waals surface area contributed by atoms with Gasteiger partial charge in [-0.3, -0.25) is 14.5 Å². The third kappa shape index (κ3) is 5.42. The minimum absolute atomic E-state index is 0.0684. The van der Waals surface area contributed by atoms with Gasteiger partial charge in [-0.1, -0.05) is 52.4 Å². The fourth-order valence-electron chi connectivity index (χ4n) is 4.63. The predicted octanol–water partition coefficient (Wildman–Crippen LogP) is 5.75. The van der Waals surface area contributed by atoms with Crippen LogP contribution in [0.5, 0.6) is 0 Å². The first-order chi connectivity index (χ1) is 19.3. The Morgan fingerprint density at radius 2 is 1.90 bits per heavy atom. The molecule has 2 aliphatic rings. The van der Waals surface area contributed by atoms with Crippen LogP contribution in [0.25, 0.3) is 0 Å². The summed E-state index contributed by atoms with van der Waals surface area (Å²) in [7, 11) is 0. The van der Waals surface area contributed by atoms with E-state index in [0.29, 0.717) is 66.9 Å². The number of carbonyl (C=O) groups is 2. The molecule has 0 saturated carbocycles.